The third kappa shape index (κ3) is 4.95. The number of nitrogens with two attached hydrogens (primary N) is 1. The molecule has 2 rings (SSSR count). The highest BCUT2D eigenvalue weighted by atomic mass is 32.2. The lowest BCUT2D eigenvalue weighted by Gasteiger charge is -2.29. The van der Waals surface area contributed by atoms with Crippen LogP contribution in [0.4, 0.5) is 0 Å². The normalized spacial score (nSPS) is 16.7. The van der Waals surface area contributed by atoms with Gasteiger partial charge in [-0.2, -0.15) is 4.31 Å². The van der Waals surface area contributed by atoms with Crippen LogP contribution in [-0.2, 0) is 14.8 Å². The first-order valence-electron chi connectivity index (χ1n) is 8.89. The van der Waals surface area contributed by atoms with Crippen molar-refractivity contribution in [3.63, 3.8) is 0 Å². The quantitative estimate of drug-likeness (QED) is 0.714. The van der Waals surface area contributed by atoms with Gasteiger partial charge in [-0.1, -0.05) is 19.8 Å². The van der Waals surface area contributed by atoms with Crippen molar-refractivity contribution < 1.29 is 17.9 Å². The Hall–Kier alpha value is -1.60. The molecule has 7 heteroatoms. The number of ether oxygens (including phenoxy) is 1. The minimum Gasteiger partial charge on any atom is -0.493 e. The molecule has 0 aromatic heterocycles. The molecule has 1 aromatic carbocycles. The van der Waals surface area contributed by atoms with Crippen LogP contribution in [-0.4, -0.2) is 38.3 Å². The number of hydrogen-bond acceptors (Lipinski definition) is 4. The standard InChI is InChI=1S/C18H28N2O4S/c1-3-4-5-12-24-17-7-6-16(13-14(17)2)25(22,23)20-10-8-15(9-11-20)18(19)21/h6-7,13,15H,3-5,8-12H2,1-2H3,(H2,19,21). The molecule has 0 atom stereocenters. The molecule has 1 fully saturated rings. The largest absolute Gasteiger partial charge is 0.493 e. The number of nitrogens with zero attached hydrogens (tertiary/aromatic N) is 1. The Morgan fingerprint density at radius 3 is 2.52 bits per heavy atom. The number of piperidine rings is 1. The molecule has 0 aliphatic carbocycles. The maximum atomic E-state index is 12.8. The molecule has 1 heterocycles. The van der Waals surface area contributed by atoms with E-state index in [2.05, 4.69) is 6.92 Å². The molecule has 1 amide bonds. The number of primary amides is 1. The van der Waals surface area contributed by atoms with Crippen LogP contribution in [0, 0.1) is 12.8 Å². The lowest BCUT2D eigenvalue weighted by atomic mass is 9.98. The molecule has 25 heavy (non-hydrogen) atoms. The van der Waals surface area contributed by atoms with Gasteiger partial charge in [0, 0.05) is 19.0 Å². The van der Waals surface area contributed by atoms with Gasteiger partial charge in [0.2, 0.25) is 15.9 Å². The van der Waals surface area contributed by atoms with E-state index in [0.717, 1.165) is 30.6 Å². The second-order valence-electron chi connectivity index (χ2n) is 6.56. The van der Waals surface area contributed by atoms with Gasteiger partial charge in [0.15, 0.2) is 0 Å². The maximum Gasteiger partial charge on any atom is 0.243 e. The first kappa shape index (κ1) is 19.7. The van der Waals surface area contributed by atoms with Crippen molar-refractivity contribution in [2.75, 3.05) is 19.7 Å². The number of rotatable bonds is 8. The average molecular weight is 368 g/mol. The third-order valence-corrected chi connectivity index (χ3v) is 6.54. The predicted molar refractivity (Wildman–Crippen MR) is 96.9 cm³/mol. The summed E-state index contributed by atoms with van der Waals surface area (Å²) >= 11 is 0. The molecule has 1 aliphatic heterocycles. The van der Waals surface area contributed by atoms with Crippen molar-refractivity contribution in [1.29, 1.82) is 0 Å². The van der Waals surface area contributed by atoms with Crippen LogP contribution in [0.15, 0.2) is 23.1 Å². The lowest BCUT2D eigenvalue weighted by molar-refractivity contribution is -0.122. The summed E-state index contributed by atoms with van der Waals surface area (Å²) in [7, 11) is -3.55. The molecule has 1 saturated heterocycles. The fourth-order valence-electron chi connectivity index (χ4n) is 3.01. The van der Waals surface area contributed by atoms with Crippen molar-refractivity contribution in [3.05, 3.63) is 23.8 Å². The topological polar surface area (TPSA) is 89.7 Å². The van der Waals surface area contributed by atoms with Crippen molar-refractivity contribution >= 4 is 15.9 Å². The fraction of sp³-hybridized carbons (Fsp3) is 0.611. The van der Waals surface area contributed by atoms with E-state index < -0.39 is 10.0 Å². The Morgan fingerprint density at radius 2 is 1.96 bits per heavy atom. The van der Waals surface area contributed by atoms with Crippen LogP contribution < -0.4 is 10.5 Å². The van der Waals surface area contributed by atoms with E-state index in [-0.39, 0.29) is 16.7 Å². The van der Waals surface area contributed by atoms with Gasteiger partial charge in [-0.05, 0) is 49.9 Å². The molecule has 0 saturated carbocycles. The van der Waals surface area contributed by atoms with Crippen LogP contribution in [0.3, 0.4) is 0 Å². The fourth-order valence-corrected chi connectivity index (χ4v) is 4.56. The Kier molecular flexibility index (Phi) is 6.84. The summed E-state index contributed by atoms with van der Waals surface area (Å²) in [6.07, 6.45) is 4.20. The summed E-state index contributed by atoms with van der Waals surface area (Å²) in [4.78, 5) is 11.5. The van der Waals surface area contributed by atoms with Crippen LogP contribution in [0.25, 0.3) is 0 Å². The maximum absolute atomic E-state index is 12.8. The number of carbonyl (C=O) groups is 1. The minimum absolute atomic E-state index is 0.230. The second kappa shape index (κ2) is 8.67. The van der Waals surface area contributed by atoms with Gasteiger partial charge in [-0.25, -0.2) is 8.42 Å². The summed E-state index contributed by atoms with van der Waals surface area (Å²) in [5.41, 5.74) is 6.12. The molecule has 0 spiro atoms. The zero-order valence-corrected chi connectivity index (χ0v) is 15.8. The van der Waals surface area contributed by atoms with Gasteiger partial charge >= 0.3 is 0 Å². The summed E-state index contributed by atoms with van der Waals surface area (Å²) in [5.74, 6) is 0.145. The molecule has 0 radical (unpaired) electrons. The van der Waals surface area contributed by atoms with E-state index in [1.807, 2.05) is 6.92 Å². The van der Waals surface area contributed by atoms with Gasteiger partial charge in [0.05, 0.1) is 11.5 Å². The monoisotopic (exact) mass is 368 g/mol. The Morgan fingerprint density at radius 1 is 1.28 bits per heavy atom. The van der Waals surface area contributed by atoms with Crippen LogP contribution in [0.1, 0.15) is 44.6 Å². The highest BCUT2D eigenvalue weighted by molar-refractivity contribution is 7.89. The van der Waals surface area contributed by atoms with Crippen molar-refractivity contribution in [2.24, 2.45) is 11.7 Å². The van der Waals surface area contributed by atoms with Crippen molar-refractivity contribution in [3.8, 4) is 5.75 Å². The van der Waals surface area contributed by atoms with Crippen LogP contribution in [0.5, 0.6) is 5.75 Å². The highest BCUT2D eigenvalue weighted by Crippen LogP contribution is 2.27. The zero-order valence-electron chi connectivity index (χ0n) is 15.0. The van der Waals surface area contributed by atoms with Crippen LogP contribution in [0.2, 0.25) is 0 Å². The summed E-state index contributed by atoms with van der Waals surface area (Å²) < 4.78 is 32.8. The van der Waals surface area contributed by atoms with Crippen LogP contribution >= 0.6 is 0 Å². The molecule has 0 unspecified atom stereocenters. The van der Waals surface area contributed by atoms with E-state index in [0.29, 0.717) is 32.5 Å². The number of amides is 1. The molecular weight excluding hydrogens is 340 g/mol. The molecule has 1 aliphatic rings. The Labute approximate surface area is 150 Å². The third-order valence-electron chi connectivity index (χ3n) is 4.65. The summed E-state index contributed by atoms with van der Waals surface area (Å²) in [6.45, 7) is 5.28. The Bertz CT molecular complexity index is 695. The van der Waals surface area contributed by atoms with Crippen molar-refractivity contribution in [2.45, 2.75) is 50.8 Å². The molecule has 140 valence electrons. The molecular formula is C18H28N2O4S. The van der Waals surface area contributed by atoms with E-state index in [1.54, 1.807) is 18.2 Å². The number of hydrogen-bond donors (Lipinski definition) is 1. The molecule has 1 aromatic rings. The number of unbranched alkanes of at least 4 members (excludes halogenated alkanes) is 2. The number of benzene rings is 1. The van der Waals surface area contributed by atoms with E-state index in [1.165, 1.54) is 4.31 Å². The van der Waals surface area contributed by atoms with Crippen molar-refractivity contribution in [1.82, 2.24) is 4.31 Å². The van der Waals surface area contributed by atoms with E-state index in [4.69, 9.17) is 10.5 Å². The lowest BCUT2D eigenvalue weighted by Crippen LogP contribution is -2.41. The van der Waals surface area contributed by atoms with E-state index in [9.17, 15) is 13.2 Å². The first-order chi connectivity index (χ1) is 11.9. The molecule has 0 bridgehead atoms. The zero-order chi connectivity index (χ0) is 18.4. The number of aryl methyl sites for hydroxylation is 1. The molecule has 6 nitrogen and oxygen atoms in total. The van der Waals surface area contributed by atoms with Gasteiger partial charge in [-0.3, -0.25) is 4.79 Å². The van der Waals surface area contributed by atoms with E-state index >= 15 is 0 Å². The highest BCUT2D eigenvalue weighted by Gasteiger charge is 2.31. The predicted octanol–water partition coefficient (Wildman–Crippen LogP) is 2.45. The van der Waals surface area contributed by atoms with Gasteiger partial charge in [-0.15, -0.1) is 0 Å². The summed E-state index contributed by atoms with van der Waals surface area (Å²) in [6, 6.07) is 4.98. The minimum atomic E-state index is -3.55. The van der Waals surface area contributed by atoms with Gasteiger partial charge in [0.1, 0.15) is 5.75 Å². The Balaban J connectivity index is 2.05. The van der Waals surface area contributed by atoms with Gasteiger partial charge in [0.25, 0.3) is 0 Å². The smallest absolute Gasteiger partial charge is 0.243 e. The van der Waals surface area contributed by atoms with Gasteiger partial charge < -0.3 is 10.5 Å². The number of sulfonamides is 1. The summed E-state index contributed by atoms with van der Waals surface area (Å²) in [5, 5.41) is 0. The SMILES string of the molecule is CCCCCOc1ccc(S(=O)(=O)N2CCC(C(N)=O)CC2)cc1C. The number of carbonyl (C=O) groups excluding carboxylic acids is 1. The second-order valence-corrected chi connectivity index (χ2v) is 8.50. The molecule has 2 N–H and O–H groups in total. The first-order valence-corrected chi connectivity index (χ1v) is 10.3. The average Bonchev–Trinajstić information content (AvgIpc) is 2.59.